The standard InChI is InChI=1S/C26H28ClN3O5S/c1-14-6-4-5-11-29(14)25(31)15-9-10-18-16(12-15)22-17(24(28-18)26(32)33)13-21(23(22)27)36-20-8-3-2-7-19(20)30(34)35/h2-3,7-10,12,14,17,21-24,28H,4-6,11,13H2,1H3,(H,32,33)/t14-,17-,21-,22+,23-,24+/m1/s1. The van der Waals surface area contributed by atoms with E-state index < -0.39 is 22.3 Å². The molecule has 2 fully saturated rings. The van der Waals surface area contributed by atoms with E-state index in [9.17, 15) is 24.8 Å². The van der Waals surface area contributed by atoms with E-state index in [1.165, 1.54) is 17.8 Å². The Morgan fingerprint density at radius 2 is 2.00 bits per heavy atom. The third-order valence-electron chi connectivity index (χ3n) is 7.73. The van der Waals surface area contributed by atoms with E-state index in [2.05, 4.69) is 12.2 Å². The summed E-state index contributed by atoms with van der Waals surface area (Å²) >= 11 is 8.36. The molecule has 1 aliphatic carbocycles. The number of para-hydroxylation sites is 1. The molecule has 36 heavy (non-hydrogen) atoms. The summed E-state index contributed by atoms with van der Waals surface area (Å²) in [5.41, 5.74) is 2.11. The molecule has 0 unspecified atom stereocenters. The number of nitrogens with zero attached hydrogens (tertiary/aromatic N) is 2. The SMILES string of the molecule is C[C@@H]1CCCCN1C(=O)c1ccc2c(c1)[C@@H]1[C@H](Cl)[C@H](Sc3ccccc3[N+](=O)[O-])C[C@H]1[C@@H](C(=O)O)N2. The molecule has 2 heterocycles. The highest BCUT2D eigenvalue weighted by Crippen LogP contribution is 2.55. The van der Waals surface area contributed by atoms with Crippen molar-refractivity contribution in [1.82, 2.24) is 4.90 Å². The van der Waals surface area contributed by atoms with Crippen LogP contribution in [-0.2, 0) is 4.79 Å². The molecular formula is C26H28ClN3O5S. The van der Waals surface area contributed by atoms with Crippen LogP contribution in [0.4, 0.5) is 11.4 Å². The maximum Gasteiger partial charge on any atom is 0.326 e. The maximum absolute atomic E-state index is 13.4. The van der Waals surface area contributed by atoms with Crippen molar-refractivity contribution in [3.63, 3.8) is 0 Å². The molecule has 1 saturated carbocycles. The van der Waals surface area contributed by atoms with Crippen LogP contribution in [0.15, 0.2) is 47.4 Å². The topological polar surface area (TPSA) is 113 Å². The third-order valence-corrected chi connectivity index (χ3v) is 9.84. The largest absolute Gasteiger partial charge is 0.480 e. The molecule has 0 aromatic heterocycles. The van der Waals surface area contributed by atoms with Gasteiger partial charge in [-0.2, -0.15) is 0 Å². The molecule has 0 bridgehead atoms. The Kier molecular flexibility index (Phi) is 6.87. The lowest BCUT2D eigenvalue weighted by Crippen LogP contribution is -2.43. The van der Waals surface area contributed by atoms with Gasteiger partial charge in [-0.25, -0.2) is 4.79 Å². The van der Waals surface area contributed by atoms with Crippen LogP contribution < -0.4 is 5.32 Å². The normalized spacial score (nSPS) is 29.1. The fraction of sp³-hybridized carbons (Fsp3) is 0.462. The van der Waals surface area contributed by atoms with Crippen molar-refractivity contribution in [3.8, 4) is 0 Å². The number of carboxylic acid groups (broad SMARTS) is 1. The molecule has 1 saturated heterocycles. The van der Waals surface area contributed by atoms with Crippen LogP contribution in [0.2, 0.25) is 0 Å². The van der Waals surface area contributed by atoms with Crippen molar-refractivity contribution in [2.24, 2.45) is 5.92 Å². The van der Waals surface area contributed by atoms with Gasteiger partial charge in [0.25, 0.3) is 11.6 Å². The zero-order valence-corrected chi connectivity index (χ0v) is 21.4. The number of anilines is 1. The van der Waals surface area contributed by atoms with E-state index >= 15 is 0 Å². The van der Waals surface area contributed by atoms with Gasteiger partial charge in [0.2, 0.25) is 0 Å². The molecule has 0 radical (unpaired) electrons. The molecule has 190 valence electrons. The second-order valence-electron chi connectivity index (χ2n) is 9.86. The number of likely N-dealkylation sites (tertiary alicyclic amines) is 1. The summed E-state index contributed by atoms with van der Waals surface area (Å²) in [6, 6.07) is 11.3. The van der Waals surface area contributed by atoms with Crippen molar-refractivity contribution in [1.29, 1.82) is 0 Å². The van der Waals surface area contributed by atoms with Crippen LogP contribution in [0.25, 0.3) is 0 Å². The van der Waals surface area contributed by atoms with E-state index in [0.29, 0.717) is 22.6 Å². The van der Waals surface area contributed by atoms with Gasteiger partial charge in [-0.3, -0.25) is 14.9 Å². The number of nitro groups is 1. The number of piperidine rings is 1. The fourth-order valence-corrected chi connectivity index (χ4v) is 7.87. The zero-order valence-electron chi connectivity index (χ0n) is 19.8. The number of benzene rings is 2. The molecular weight excluding hydrogens is 502 g/mol. The minimum Gasteiger partial charge on any atom is -0.480 e. The van der Waals surface area contributed by atoms with Crippen LogP contribution in [0.1, 0.15) is 54.4 Å². The van der Waals surface area contributed by atoms with E-state index in [1.54, 1.807) is 30.3 Å². The molecule has 6 atom stereocenters. The van der Waals surface area contributed by atoms with Gasteiger partial charge < -0.3 is 15.3 Å². The second kappa shape index (κ2) is 9.94. The summed E-state index contributed by atoms with van der Waals surface area (Å²) in [5.74, 6) is -1.58. The highest BCUT2D eigenvalue weighted by Gasteiger charge is 2.52. The Morgan fingerprint density at radius 3 is 2.72 bits per heavy atom. The van der Waals surface area contributed by atoms with Gasteiger partial charge in [0, 0.05) is 41.1 Å². The number of halogens is 1. The molecule has 3 aliphatic rings. The highest BCUT2D eigenvalue weighted by molar-refractivity contribution is 8.00. The molecule has 8 nitrogen and oxygen atoms in total. The lowest BCUT2D eigenvalue weighted by atomic mass is 9.79. The Balaban J connectivity index is 1.48. The van der Waals surface area contributed by atoms with E-state index in [-0.39, 0.29) is 34.7 Å². The number of carboxylic acids is 1. The van der Waals surface area contributed by atoms with Crippen LogP contribution >= 0.6 is 23.4 Å². The van der Waals surface area contributed by atoms with E-state index in [0.717, 1.165) is 31.4 Å². The van der Waals surface area contributed by atoms with Gasteiger partial charge in [0.05, 0.1) is 15.2 Å². The molecule has 2 aliphatic heterocycles. The van der Waals surface area contributed by atoms with Crippen LogP contribution in [0.3, 0.4) is 0 Å². The summed E-state index contributed by atoms with van der Waals surface area (Å²) in [5, 5.41) is 24.0. The molecule has 0 spiro atoms. The number of carbonyl (C=O) groups is 2. The molecule has 1 amide bonds. The van der Waals surface area contributed by atoms with E-state index in [4.69, 9.17) is 11.6 Å². The molecule has 2 aromatic carbocycles. The third kappa shape index (κ3) is 4.43. The quantitative estimate of drug-likeness (QED) is 0.304. The molecule has 5 rings (SSSR count). The van der Waals surface area contributed by atoms with Gasteiger partial charge in [0.15, 0.2) is 0 Å². The van der Waals surface area contributed by atoms with Gasteiger partial charge in [0.1, 0.15) is 6.04 Å². The lowest BCUT2D eigenvalue weighted by Gasteiger charge is -2.37. The summed E-state index contributed by atoms with van der Waals surface area (Å²) in [4.78, 5) is 39.1. The first kappa shape index (κ1) is 24.9. The highest BCUT2D eigenvalue weighted by atomic mass is 35.5. The number of nitrogens with one attached hydrogen (secondary N) is 1. The van der Waals surface area contributed by atoms with Gasteiger partial charge >= 0.3 is 5.97 Å². The van der Waals surface area contributed by atoms with Crippen LogP contribution in [-0.4, -0.2) is 56.1 Å². The minimum absolute atomic E-state index is 0.0121. The average molecular weight is 530 g/mol. The first-order valence-electron chi connectivity index (χ1n) is 12.2. The number of rotatable bonds is 5. The summed E-state index contributed by atoms with van der Waals surface area (Å²) in [7, 11) is 0. The monoisotopic (exact) mass is 529 g/mol. The van der Waals surface area contributed by atoms with Gasteiger partial charge in [-0.05, 0) is 68.4 Å². The zero-order chi connectivity index (χ0) is 25.6. The number of fused-ring (bicyclic) bond motifs is 3. The number of amides is 1. The van der Waals surface area contributed by atoms with Crippen molar-refractivity contribution in [2.45, 2.75) is 66.1 Å². The smallest absolute Gasteiger partial charge is 0.326 e. The predicted molar refractivity (Wildman–Crippen MR) is 139 cm³/mol. The predicted octanol–water partition coefficient (Wildman–Crippen LogP) is 5.36. The Morgan fingerprint density at radius 1 is 1.22 bits per heavy atom. The number of thioether (sulfide) groups is 1. The van der Waals surface area contributed by atoms with Crippen LogP contribution in [0.5, 0.6) is 0 Å². The number of hydrogen-bond acceptors (Lipinski definition) is 6. The van der Waals surface area contributed by atoms with Crippen molar-refractivity contribution in [3.05, 3.63) is 63.7 Å². The molecule has 10 heteroatoms. The summed E-state index contributed by atoms with van der Waals surface area (Å²) in [6.07, 6.45) is 3.57. The number of nitro benzene ring substituents is 1. The molecule has 2 aromatic rings. The van der Waals surface area contributed by atoms with Gasteiger partial charge in [-0.15, -0.1) is 23.4 Å². The Labute approximate surface area is 218 Å². The van der Waals surface area contributed by atoms with Crippen LogP contribution in [0, 0.1) is 16.0 Å². The first-order valence-corrected chi connectivity index (χ1v) is 13.6. The fourth-order valence-electron chi connectivity index (χ4n) is 5.93. The van der Waals surface area contributed by atoms with Crippen molar-refractivity contribution < 1.29 is 19.6 Å². The summed E-state index contributed by atoms with van der Waals surface area (Å²) < 4.78 is 0. The average Bonchev–Trinajstić information content (AvgIpc) is 3.19. The number of carbonyl (C=O) groups excluding carboxylic acids is 1. The Hall–Kier alpha value is -2.78. The van der Waals surface area contributed by atoms with E-state index in [1.807, 2.05) is 11.0 Å². The van der Waals surface area contributed by atoms with Gasteiger partial charge in [-0.1, -0.05) is 12.1 Å². The Bertz CT molecular complexity index is 1210. The molecule has 2 N–H and O–H groups in total. The number of hydrogen-bond donors (Lipinski definition) is 2. The maximum atomic E-state index is 13.4. The number of alkyl halides is 1. The lowest BCUT2D eigenvalue weighted by molar-refractivity contribution is -0.387. The van der Waals surface area contributed by atoms with Crippen molar-refractivity contribution in [2.75, 3.05) is 11.9 Å². The number of aliphatic carboxylic acids is 1. The first-order chi connectivity index (χ1) is 17.3. The van der Waals surface area contributed by atoms with Crippen molar-refractivity contribution >= 4 is 46.6 Å². The minimum atomic E-state index is -0.960. The summed E-state index contributed by atoms with van der Waals surface area (Å²) in [6.45, 7) is 2.80. The second-order valence-corrected chi connectivity index (χ2v) is 11.6.